The van der Waals surface area contributed by atoms with Crippen molar-refractivity contribution in [3.8, 4) is 5.75 Å². The molecule has 2 fully saturated rings. The number of rotatable bonds is 4. The van der Waals surface area contributed by atoms with Crippen molar-refractivity contribution in [3.63, 3.8) is 0 Å². The molecule has 1 atom stereocenters. The van der Waals surface area contributed by atoms with E-state index in [4.69, 9.17) is 4.74 Å². The van der Waals surface area contributed by atoms with Gasteiger partial charge in [-0.05, 0) is 36.8 Å². The fraction of sp³-hybridized carbons (Fsp3) is 0.364. The van der Waals surface area contributed by atoms with Gasteiger partial charge in [0.05, 0.1) is 25.3 Å². The van der Waals surface area contributed by atoms with Crippen LogP contribution in [0.3, 0.4) is 0 Å². The lowest BCUT2D eigenvalue weighted by Crippen LogP contribution is -2.52. The minimum atomic E-state index is -0.361. The number of nitrogens with zero attached hydrogens (tertiary/aromatic N) is 3. The molecule has 2 aliphatic rings. The molecule has 0 aliphatic carbocycles. The molecule has 0 unspecified atom stereocenters. The number of imide groups is 1. The summed E-state index contributed by atoms with van der Waals surface area (Å²) < 4.78 is 5.31. The summed E-state index contributed by atoms with van der Waals surface area (Å²) in [6.07, 6.45) is 0.256. The van der Waals surface area contributed by atoms with Gasteiger partial charge in [-0.15, -0.1) is 0 Å². The number of carbonyl (C=O) groups excluding carboxylic acids is 2. The Balaban J connectivity index is 1.43. The first-order valence-electron chi connectivity index (χ1n) is 9.63. The van der Waals surface area contributed by atoms with Crippen LogP contribution in [0.4, 0.5) is 11.4 Å². The summed E-state index contributed by atoms with van der Waals surface area (Å²) in [5.74, 6) is 0.617. The van der Waals surface area contributed by atoms with Crippen LogP contribution in [0.2, 0.25) is 0 Å². The Labute approximate surface area is 165 Å². The maximum absolute atomic E-state index is 13.0. The van der Waals surface area contributed by atoms with E-state index in [1.165, 1.54) is 4.90 Å². The van der Waals surface area contributed by atoms with Gasteiger partial charge in [0.25, 0.3) is 5.91 Å². The van der Waals surface area contributed by atoms with E-state index >= 15 is 0 Å². The lowest BCUT2D eigenvalue weighted by Gasteiger charge is -2.38. The number of benzene rings is 2. The molecule has 2 amide bonds. The molecule has 2 aromatic rings. The molecule has 2 heterocycles. The van der Waals surface area contributed by atoms with Gasteiger partial charge in [-0.1, -0.05) is 18.2 Å². The summed E-state index contributed by atoms with van der Waals surface area (Å²) in [4.78, 5) is 31.3. The molecule has 6 nitrogen and oxygen atoms in total. The largest absolute Gasteiger partial charge is 0.497 e. The zero-order valence-corrected chi connectivity index (χ0v) is 16.3. The molecule has 6 heteroatoms. The van der Waals surface area contributed by atoms with E-state index in [0.717, 1.165) is 43.2 Å². The molecule has 0 N–H and O–H groups in total. The molecular formula is C22H25N3O3. The maximum atomic E-state index is 13.0. The second kappa shape index (κ2) is 7.64. The smallest absolute Gasteiger partial charge is 0.251 e. The average molecular weight is 379 g/mol. The SMILES string of the molecule is COc1cccc(N2CCN([C@H]3CC(=O)N(c4cccc(C)c4)C3=O)CC2)c1. The minimum Gasteiger partial charge on any atom is -0.497 e. The predicted octanol–water partition coefficient (Wildman–Crippen LogP) is 2.46. The summed E-state index contributed by atoms with van der Waals surface area (Å²) in [6, 6.07) is 15.2. The zero-order valence-electron chi connectivity index (χ0n) is 16.3. The van der Waals surface area contributed by atoms with E-state index in [1.54, 1.807) is 7.11 Å². The maximum Gasteiger partial charge on any atom is 0.251 e. The Hall–Kier alpha value is -2.86. The van der Waals surface area contributed by atoms with E-state index < -0.39 is 0 Å². The van der Waals surface area contributed by atoms with Gasteiger partial charge in [-0.25, -0.2) is 4.90 Å². The third-order valence-corrected chi connectivity index (χ3v) is 5.56. The normalized spacial score (nSPS) is 20.7. The summed E-state index contributed by atoms with van der Waals surface area (Å²) in [5.41, 5.74) is 2.83. The first-order chi connectivity index (χ1) is 13.6. The van der Waals surface area contributed by atoms with Gasteiger partial charge in [0.2, 0.25) is 5.91 Å². The summed E-state index contributed by atoms with van der Waals surface area (Å²) >= 11 is 0. The standard InChI is InChI=1S/C22H25N3O3/c1-16-5-3-7-18(13-16)25-21(26)15-20(22(25)27)24-11-9-23(10-12-24)17-6-4-8-19(14-17)28-2/h3-8,13-14,20H,9-12,15H2,1-2H3/t20-/m0/s1. The van der Waals surface area contributed by atoms with Crippen molar-refractivity contribution in [3.05, 3.63) is 54.1 Å². The molecule has 4 rings (SSSR count). The number of piperazine rings is 1. The van der Waals surface area contributed by atoms with E-state index in [9.17, 15) is 9.59 Å². The summed E-state index contributed by atoms with van der Waals surface area (Å²) in [5, 5.41) is 0. The van der Waals surface area contributed by atoms with Crippen LogP contribution in [0.25, 0.3) is 0 Å². The number of carbonyl (C=O) groups is 2. The zero-order chi connectivity index (χ0) is 19.7. The minimum absolute atomic E-state index is 0.106. The lowest BCUT2D eigenvalue weighted by atomic mass is 10.1. The van der Waals surface area contributed by atoms with Crippen molar-refractivity contribution in [2.45, 2.75) is 19.4 Å². The van der Waals surface area contributed by atoms with Crippen molar-refractivity contribution in [2.24, 2.45) is 0 Å². The lowest BCUT2D eigenvalue weighted by molar-refractivity contribution is -0.123. The Morgan fingerprint density at radius 3 is 2.36 bits per heavy atom. The van der Waals surface area contributed by atoms with Gasteiger partial charge in [0, 0.05) is 37.9 Å². The molecule has 2 aromatic carbocycles. The number of hydrogen-bond acceptors (Lipinski definition) is 5. The summed E-state index contributed by atoms with van der Waals surface area (Å²) in [6.45, 7) is 5.10. The summed E-state index contributed by atoms with van der Waals surface area (Å²) in [7, 11) is 1.67. The third-order valence-electron chi connectivity index (χ3n) is 5.56. The predicted molar refractivity (Wildman–Crippen MR) is 109 cm³/mol. The molecule has 0 aromatic heterocycles. The van der Waals surface area contributed by atoms with Crippen molar-refractivity contribution < 1.29 is 14.3 Å². The van der Waals surface area contributed by atoms with E-state index in [0.29, 0.717) is 5.69 Å². The van der Waals surface area contributed by atoms with Gasteiger partial charge < -0.3 is 9.64 Å². The molecule has 28 heavy (non-hydrogen) atoms. The molecule has 0 spiro atoms. The van der Waals surface area contributed by atoms with Gasteiger partial charge in [0.1, 0.15) is 5.75 Å². The number of aryl methyl sites for hydroxylation is 1. The molecule has 0 radical (unpaired) electrons. The number of methoxy groups -OCH3 is 1. The molecule has 0 saturated carbocycles. The molecule has 146 valence electrons. The highest BCUT2D eigenvalue weighted by Gasteiger charge is 2.43. The third kappa shape index (κ3) is 3.47. The molecular weight excluding hydrogens is 354 g/mol. The monoisotopic (exact) mass is 379 g/mol. The van der Waals surface area contributed by atoms with Gasteiger partial charge in [0.15, 0.2) is 0 Å². The number of hydrogen-bond donors (Lipinski definition) is 0. The van der Waals surface area contributed by atoms with Crippen LogP contribution < -0.4 is 14.5 Å². The average Bonchev–Trinajstić information content (AvgIpc) is 3.02. The first-order valence-corrected chi connectivity index (χ1v) is 9.63. The number of amides is 2. The molecule has 2 aliphatic heterocycles. The Bertz CT molecular complexity index is 890. The Kier molecular flexibility index (Phi) is 5.05. The highest BCUT2D eigenvalue weighted by atomic mass is 16.5. The van der Waals surface area contributed by atoms with Crippen LogP contribution >= 0.6 is 0 Å². The van der Waals surface area contributed by atoms with E-state index in [-0.39, 0.29) is 24.3 Å². The fourth-order valence-electron chi connectivity index (χ4n) is 4.04. The van der Waals surface area contributed by atoms with Crippen molar-refractivity contribution in [1.29, 1.82) is 0 Å². The highest BCUT2D eigenvalue weighted by Crippen LogP contribution is 2.28. The van der Waals surface area contributed by atoms with Crippen molar-refractivity contribution in [1.82, 2.24) is 4.90 Å². The molecule has 0 bridgehead atoms. The van der Waals surface area contributed by atoms with Crippen LogP contribution in [-0.2, 0) is 9.59 Å². The number of anilines is 2. The van der Waals surface area contributed by atoms with Crippen molar-refractivity contribution >= 4 is 23.2 Å². The van der Waals surface area contributed by atoms with Crippen LogP contribution in [0.1, 0.15) is 12.0 Å². The quantitative estimate of drug-likeness (QED) is 0.764. The second-order valence-corrected chi connectivity index (χ2v) is 7.35. The highest BCUT2D eigenvalue weighted by molar-refractivity contribution is 6.22. The van der Waals surface area contributed by atoms with Gasteiger partial charge in [-0.2, -0.15) is 0 Å². The van der Waals surface area contributed by atoms with Crippen LogP contribution in [0, 0.1) is 6.92 Å². The first kappa shape index (κ1) is 18.5. The number of ether oxygens (including phenoxy) is 1. The van der Waals surface area contributed by atoms with E-state index in [1.807, 2.05) is 49.4 Å². The fourth-order valence-corrected chi connectivity index (χ4v) is 4.04. The van der Waals surface area contributed by atoms with Gasteiger partial charge >= 0.3 is 0 Å². The molecule has 2 saturated heterocycles. The van der Waals surface area contributed by atoms with Gasteiger partial charge in [-0.3, -0.25) is 14.5 Å². The van der Waals surface area contributed by atoms with Crippen molar-refractivity contribution in [2.75, 3.05) is 43.1 Å². The topological polar surface area (TPSA) is 53.1 Å². The van der Waals surface area contributed by atoms with Crippen LogP contribution in [0.15, 0.2) is 48.5 Å². The van der Waals surface area contributed by atoms with Crippen LogP contribution in [-0.4, -0.2) is 56.0 Å². The second-order valence-electron chi connectivity index (χ2n) is 7.35. The van der Waals surface area contributed by atoms with Crippen LogP contribution in [0.5, 0.6) is 5.75 Å². The Morgan fingerprint density at radius 1 is 0.929 bits per heavy atom. The van der Waals surface area contributed by atoms with E-state index in [2.05, 4.69) is 15.9 Å². The Morgan fingerprint density at radius 2 is 1.64 bits per heavy atom.